The molecule has 1 unspecified atom stereocenters. The standard InChI is InChI=1S/C13H23BN2O3/c1-9(2)11(17)16-8-10(7-15-16)14-18-12(3,4)13(5,6)19-14/h7-9,11,17H,1-6H3. The highest BCUT2D eigenvalue weighted by Crippen LogP contribution is 2.36. The van der Waals surface area contributed by atoms with E-state index < -0.39 is 13.3 Å². The van der Waals surface area contributed by atoms with Gasteiger partial charge < -0.3 is 14.4 Å². The first-order valence-corrected chi connectivity index (χ1v) is 6.72. The summed E-state index contributed by atoms with van der Waals surface area (Å²) in [7, 11) is -0.432. The normalized spacial score (nSPS) is 23.1. The van der Waals surface area contributed by atoms with Crippen molar-refractivity contribution in [3.05, 3.63) is 12.4 Å². The van der Waals surface area contributed by atoms with Crippen LogP contribution in [0.25, 0.3) is 0 Å². The van der Waals surface area contributed by atoms with Crippen molar-refractivity contribution in [2.75, 3.05) is 0 Å². The number of rotatable bonds is 3. The van der Waals surface area contributed by atoms with Crippen molar-refractivity contribution in [2.45, 2.75) is 59.0 Å². The van der Waals surface area contributed by atoms with Crippen LogP contribution in [-0.2, 0) is 9.31 Å². The summed E-state index contributed by atoms with van der Waals surface area (Å²) in [6.45, 7) is 11.9. The molecule has 1 aliphatic rings. The molecule has 0 aromatic carbocycles. The second-order valence-corrected chi connectivity index (χ2v) is 6.50. The van der Waals surface area contributed by atoms with E-state index in [2.05, 4.69) is 5.10 Å². The minimum Gasteiger partial charge on any atom is -0.399 e. The fraction of sp³-hybridized carbons (Fsp3) is 0.769. The molecule has 1 aromatic rings. The van der Waals surface area contributed by atoms with Crippen molar-refractivity contribution < 1.29 is 14.4 Å². The second kappa shape index (κ2) is 4.61. The van der Waals surface area contributed by atoms with Gasteiger partial charge in [-0.25, -0.2) is 4.68 Å². The quantitative estimate of drug-likeness (QED) is 0.838. The van der Waals surface area contributed by atoms with E-state index in [-0.39, 0.29) is 17.1 Å². The summed E-state index contributed by atoms with van der Waals surface area (Å²) in [6, 6.07) is 0. The number of nitrogens with zero attached hydrogens (tertiary/aromatic N) is 2. The molecule has 0 aliphatic carbocycles. The molecule has 1 N–H and O–H groups in total. The average molecular weight is 266 g/mol. The molecule has 0 saturated carbocycles. The number of aromatic nitrogens is 2. The Morgan fingerprint density at radius 2 is 1.74 bits per heavy atom. The van der Waals surface area contributed by atoms with Crippen LogP contribution < -0.4 is 5.46 Å². The molecule has 0 bridgehead atoms. The zero-order valence-corrected chi connectivity index (χ0v) is 12.5. The third-order valence-corrected chi connectivity index (χ3v) is 4.01. The molecular weight excluding hydrogens is 243 g/mol. The maximum atomic E-state index is 9.98. The van der Waals surface area contributed by atoms with Crippen molar-refractivity contribution in [2.24, 2.45) is 5.92 Å². The molecule has 19 heavy (non-hydrogen) atoms. The summed E-state index contributed by atoms with van der Waals surface area (Å²) in [5, 5.41) is 14.2. The molecule has 1 saturated heterocycles. The molecule has 5 nitrogen and oxygen atoms in total. The molecule has 106 valence electrons. The smallest absolute Gasteiger partial charge is 0.399 e. The fourth-order valence-corrected chi connectivity index (χ4v) is 1.90. The van der Waals surface area contributed by atoms with E-state index in [4.69, 9.17) is 9.31 Å². The Hall–Kier alpha value is -0.845. The van der Waals surface area contributed by atoms with Gasteiger partial charge in [0.05, 0.1) is 11.2 Å². The van der Waals surface area contributed by atoms with Gasteiger partial charge in [0.15, 0.2) is 0 Å². The van der Waals surface area contributed by atoms with Gasteiger partial charge in [0.1, 0.15) is 6.23 Å². The molecular formula is C13H23BN2O3. The van der Waals surface area contributed by atoms with Crippen LogP contribution in [0.3, 0.4) is 0 Å². The number of aliphatic hydroxyl groups excluding tert-OH is 1. The Morgan fingerprint density at radius 1 is 1.21 bits per heavy atom. The molecule has 2 heterocycles. The monoisotopic (exact) mass is 266 g/mol. The largest absolute Gasteiger partial charge is 0.498 e. The summed E-state index contributed by atoms with van der Waals surface area (Å²) in [6.07, 6.45) is 2.84. The lowest BCUT2D eigenvalue weighted by Gasteiger charge is -2.32. The minimum atomic E-state index is -0.629. The van der Waals surface area contributed by atoms with Gasteiger partial charge >= 0.3 is 7.12 Å². The lowest BCUT2D eigenvalue weighted by Crippen LogP contribution is -2.41. The highest BCUT2D eigenvalue weighted by atomic mass is 16.7. The van der Waals surface area contributed by atoms with Gasteiger partial charge in [0.2, 0.25) is 0 Å². The van der Waals surface area contributed by atoms with Crippen LogP contribution in [0.2, 0.25) is 0 Å². The Morgan fingerprint density at radius 3 is 2.21 bits per heavy atom. The molecule has 1 atom stereocenters. The zero-order chi connectivity index (χ0) is 14.4. The summed E-state index contributed by atoms with van der Waals surface area (Å²) in [4.78, 5) is 0. The van der Waals surface area contributed by atoms with Crippen LogP contribution in [0.4, 0.5) is 0 Å². The van der Waals surface area contributed by atoms with Crippen molar-refractivity contribution >= 4 is 12.6 Å². The number of aliphatic hydroxyl groups is 1. The van der Waals surface area contributed by atoms with Crippen LogP contribution in [0.15, 0.2) is 12.4 Å². The predicted molar refractivity (Wildman–Crippen MR) is 74.0 cm³/mol. The molecule has 0 spiro atoms. The lowest BCUT2D eigenvalue weighted by molar-refractivity contribution is 0.00578. The Balaban J connectivity index is 2.17. The molecule has 1 aliphatic heterocycles. The van der Waals surface area contributed by atoms with E-state index in [1.165, 1.54) is 0 Å². The molecule has 6 heteroatoms. The number of hydrogen-bond donors (Lipinski definition) is 1. The van der Waals surface area contributed by atoms with E-state index >= 15 is 0 Å². The van der Waals surface area contributed by atoms with Crippen LogP contribution in [0.5, 0.6) is 0 Å². The molecule has 0 radical (unpaired) electrons. The van der Waals surface area contributed by atoms with Gasteiger partial charge in [-0.05, 0) is 33.6 Å². The first kappa shape index (κ1) is 14.6. The third kappa shape index (κ3) is 2.57. The van der Waals surface area contributed by atoms with Gasteiger partial charge in [-0.3, -0.25) is 0 Å². The third-order valence-electron chi connectivity index (χ3n) is 4.01. The van der Waals surface area contributed by atoms with Crippen molar-refractivity contribution in [1.82, 2.24) is 9.78 Å². The Labute approximate surface area is 115 Å². The van der Waals surface area contributed by atoms with Crippen molar-refractivity contribution in [3.63, 3.8) is 0 Å². The van der Waals surface area contributed by atoms with Gasteiger partial charge in [-0.2, -0.15) is 5.10 Å². The summed E-state index contributed by atoms with van der Waals surface area (Å²) in [5.74, 6) is 0.103. The van der Waals surface area contributed by atoms with Crippen LogP contribution in [0.1, 0.15) is 47.8 Å². The zero-order valence-electron chi connectivity index (χ0n) is 12.5. The van der Waals surface area contributed by atoms with E-state index in [1.807, 2.05) is 41.5 Å². The maximum Gasteiger partial charge on any atom is 0.498 e. The second-order valence-electron chi connectivity index (χ2n) is 6.50. The highest BCUT2D eigenvalue weighted by Gasteiger charge is 2.52. The predicted octanol–water partition coefficient (Wildman–Crippen LogP) is 1.33. The van der Waals surface area contributed by atoms with Crippen LogP contribution in [-0.4, -0.2) is 33.2 Å². The van der Waals surface area contributed by atoms with Crippen molar-refractivity contribution in [1.29, 1.82) is 0 Å². The first-order chi connectivity index (χ1) is 8.64. The lowest BCUT2D eigenvalue weighted by atomic mass is 9.82. The topological polar surface area (TPSA) is 56.5 Å². The van der Waals surface area contributed by atoms with Gasteiger partial charge in [0, 0.05) is 17.9 Å². The van der Waals surface area contributed by atoms with E-state index in [0.717, 1.165) is 5.46 Å². The molecule has 1 fully saturated rings. The number of hydrogen-bond acceptors (Lipinski definition) is 4. The van der Waals surface area contributed by atoms with Gasteiger partial charge in [-0.15, -0.1) is 0 Å². The average Bonchev–Trinajstić information content (AvgIpc) is 2.81. The van der Waals surface area contributed by atoms with E-state index in [0.29, 0.717) is 0 Å². The fourth-order valence-electron chi connectivity index (χ4n) is 1.90. The van der Waals surface area contributed by atoms with E-state index in [1.54, 1.807) is 17.1 Å². The summed E-state index contributed by atoms with van der Waals surface area (Å²) in [5.41, 5.74) is 0.103. The maximum absolute atomic E-state index is 9.98. The van der Waals surface area contributed by atoms with Crippen LogP contribution >= 0.6 is 0 Å². The minimum absolute atomic E-state index is 0.103. The summed E-state index contributed by atoms with van der Waals surface area (Å²) >= 11 is 0. The van der Waals surface area contributed by atoms with Gasteiger partial charge in [0.25, 0.3) is 0 Å². The van der Waals surface area contributed by atoms with Crippen molar-refractivity contribution in [3.8, 4) is 0 Å². The molecule has 2 rings (SSSR count). The Kier molecular flexibility index (Phi) is 3.54. The molecule has 0 amide bonds. The first-order valence-electron chi connectivity index (χ1n) is 6.72. The van der Waals surface area contributed by atoms with Gasteiger partial charge in [-0.1, -0.05) is 13.8 Å². The van der Waals surface area contributed by atoms with E-state index in [9.17, 15) is 5.11 Å². The SMILES string of the molecule is CC(C)C(O)n1cc(B2OC(C)(C)C(C)(C)O2)cn1. The summed E-state index contributed by atoms with van der Waals surface area (Å²) < 4.78 is 13.4. The molecule has 1 aromatic heterocycles. The van der Waals surface area contributed by atoms with Crippen LogP contribution in [0, 0.1) is 5.92 Å². The highest BCUT2D eigenvalue weighted by molar-refractivity contribution is 6.61. The Bertz CT molecular complexity index is 440.